The van der Waals surface area contributed by atoms with E-state index in [1.165, 1.54) is 7.11 Å². The quantitative estimate of drug-likeness (QED) is 0.773. The van der Waals surface area contributed by atoms with Gasteiger partial charge in [0.25, 0.3) is 0 Å². The number of halogens is 1. The zero-order valence-corrected chi connectivity index (χ0v) is 16.2. The number of carbonyl (C=O) groups is 3. The fourth-order valence-corrected chi connectivity index (χ4v) is 3.34. The van der Waals surface area contributed by atoms with Gasteiger partial charge in [-0.15, -0.1) is 0 Å². The van der Waals surface area contributed by atoms with Crippen LogP contribution >= 0.6 is 15.9 Å². The Labute approximate surface area is 164 Å². The van der Waals surface area contributed by atoms with Crippen LogP contribution in [0.3, 0.4) is 0 Å². The number of carbonyl (C=O) groups excluding carboxylic acids is 3. The zero-order chi connectivity index (χ0) is 19.4. The zero-order valence-electron chi connectivity index (χ0n) is 14.6. The van der Waals surface area contributed by atoms with Crippen molar-refractivity contribution in [1.82, 2.24) is 0 Å². The maximum absolute atomic E-state index is 12.5. The first-order chi connectivity index (χ1) is 13.0. The van der Waals surface area contributed by atoms with Crippen molar-refractivity contribution in [2.45, 2.75) is 6.42 Å². The van der Waals surface area contributed by atoms with E-state index < -0.39 is 12.0 Å². The normalized spacial score (nSPS) is 16.1. The molecule has 0 radical (unpaired) electrons. The van der Waals surface area contributed by atoms with Crippen LogP contribution in [0.25, 0.3) is 0 Å². The predicted molar refractivity (Wildman–Crippen MR) is 106 cm³/mol. The van der Waals surface area contributed by atoms with Crippen molar-refractivity contribution < 1.29 is 19.1 Å². The molecule has 2 aromatic carbocycles. The van der Waals surface area contributed by atoms with E-state index in [1.807, 2.05) is 24.3 Å². The molecule has 1 unspecified atom stereocenters. The van der Waals surface area contributed by atoms with Crippen LogP contribution in [0, 0.1) is 5.92 Å². The van der Waals surface area contributed by atoms with Crippen LogP contribution in [0.4, 0.5) is 21.9 Å². The van der Waals surface area contributed by atoms with Gasteiger partial charge in [-0.2, -0.15) is 0 Å². The van der Waals surface area contributed by atoms with Crippen LogP contribution in [0.2, 0.25) is 0 Å². The molecule has 1 atom stereocenters. The van der Waals surface area contributed by atoms with E-state index in [0.29, 0.717) is 17.9 Å². The average Bonchev–Trinajstić information content (AvgIpc) is 3.05. The smallest absolute Gasteiger partial charge is 0.411 e. The minimum absolute atomic E-state index is 0.0836. The van der Waals surface area contributed by atoms with Gasteiger partial charge in [0.2, 0.25) is 11.8 Å². The second kappa shape index (κ2) is 8.22. The summed E-state index contributed by atoms with van der Waals surface area (Å²) in [5.41, 5.74) is 1.90. The first-order valence-electron chi connectivity index (χ1n) is 8.28. The third-order valence-electron chi connectivity index (χ3n) is 4.22. The molecule has 8 heteroatoms. The molecule has 1 fully saturated rings. The van der Waals surface area contributed by atoms with Gasteiger partial charge in [-0.05, 0) is 52.3 Å². The van der Waals surface area contributed by atoms with Crippen molar-refractivity contribution in [3.05, 3.63) is 53.0 Å². The lowest BCUT2D eigenvalue weighted by Crippen LogP contribution is -2.28. The van der Waals surface area contributed by atoms with Crippen LogP contribution in [-0.4, -0.2) is 31.6 Å². The summed E-state index contributed by atoms with van der Waals surface area (Å²) in [6, 6.07) is 14.1. The summed E-state index contributed by atoms with van der Waals surface area (Å²) in [5.74, 6) is -0.733. The summed E-state index contributed by atoms with van der Waals surface area (Å²) in [4.78, 5) is 37.7. The maximum atomic E-state index is 12.5. The Morgan fingerprint density at radius 3 is 2.33 bits per heavy atom. The Bertz CT molecular complexity index is 870. The van der Waals surface area contributed by atoms with Gasteiger partial charge in [-0.25, -0.2) is 4.79 Å². The standard InChI is InChI=1S/C19H18BrN3O4/c1-27-19(26)22-14-8-6-13(7-9-14)21-18(25)12-10-17(24)23(11-12)16-5-3-2-4-15(16)20/h2-9,12H,10-11H2,1H3,(H,21,25)(H,22,26). The number of ether oxygens (including phenoxy) is 1. The summed E-state index contributed by atoms with van der Waals surface area (Å²) in [7, 11) is 1.28. The van der Waals surface area contributed by atoms with Crippen LogP contribution < -0.4 is 15.5 Å². The van der Waals surface area contributed by atoms with Crippen LogP contribution in [0.15, 0.2) is 53.0 Å². The number of nitrogens with one attached hydrogen (secondary N) is 2. The van der Waals surface area contributed by atoms with Crippen molar-refractivity contribution in [3.8, 4) is 0 Å². The van der Waals surface area contributed by atoms with Crippen molar-refractivity contribution in [2.24, 2.45) is 5.92 Å². The SMILES string of the molecule is COC(=O)Nc1ccc(NC(=O)C2CC(=O)N(c3ccccc3Br)C2)cc1. The lowest BCUT2D eigenvalue weighted by molar-refractivity contribution is -0.122. The fraction of sp³-hybridized carbons (Fsp3) is 0.211. The molecule has 0 aliphatic carbocycles. The molecule has 1 heterocycles. The Morgan fingerprint density at radius 1 is 1.07 bits per heavy atom. The molecular weight excluding hydrogens is 414 g/mol. The maximum Gasteiger partial charge on any atom is 0.411 e. The van der Waals surface area contributed by atoms with Gasteiger partial charge in [-0.3, -0.25) is 14.9 Å². The highest BCUT2D eigenvalue weighted by Gasteiger charge is 2.35. The van der Waals surface area contributed by atoms with Gasteiger partial charge in [0.05, 0.1) is 18.7 Å². The number of anilines is 3. The third kappa shape index (κ3) is 4.46. The number of methoxy groups -OCH3 is 1. The van der Waals surface area contributed by atoms with Gasteiger partial charge < -0.3 is 15.0 Å². The van der Waals surface area contributed by atoms with Gasteiger partial charge in [-0.1, -0.05) is 12.1 Å². The van der Waals surface area contributed by atoms with Crippen molar-refractivity contribution in [1.29, 1.82) is 0 Å². The van der Waals surface area contributed by atoms with E-state index in [9.17, 15) is 14.4 Å². The van der Waals surface area contributed by atoms with E-state index in [1.54, 1.807) is 29.2 Å². The molecule has 7 nitrogen and oxygen atoms in total. The monoisotopic (exact) mass is 431 g/mol. The van der Waals surface area contributed by atoms with Crippen molar-refractivity contribution in [3.63, 3.8) is 0 Å². The van der Waals surface area contributed by atoms with E-state index in [-0.39, 0.29) is 18.2 Å². The number of hydrogen-bond acceptors (Lipinski definition) is 4. The van der Waals surface area contributed by atoms with E-state index in [2.05, 4.69) is 31.3 Å². The Morgan fingerprint density at radius 2 is 1.70 bits per heavy atom. The predicted octanol–water partition coefficient (Wildman–Crippen LogP) is 3.62. The number of benzene rings is 2. The largest absolute Gasteiger partial charge is 0.453 e. The molecule has 140 valence electrons. The van der Waals surface area contributed by atoms with Gasteiger partial charge in [0.15, 0.2) is 0 Å². The average molecular weight is 432 g/mol. The third-order valence-corrected chi connectivity index (χ3v) is 4.89. The molecule has 0 spiro atoms. The van der Waals surface area contributed by atoms with E-state index in [4.69, 9.17) is 0 Å². The molecular formula is C19H18BrN3O4. The summed E-state index contributed by atoms with van der Waals surface area (Å²) < 4.78 is 5.33. The first-order valence-corrected chi connectivity index (χ1v) is 9.08. The Balaban J connectivity index is 1.63. The van der Waals surface area contributed by atoms with Crippen LogP contribution in [-0.2, 0) is 14.3 Å². The topological polar surface area (TPSA) is 87.7 Å². The highest BCUT2D eigenvalue weighted by Crippen LogP contribution is 2.31. The Kier molecular flexibility index (Phi) is 5.75. The molecule has 3 amide bonds. The number of rotatable bonds is 4. The molecule has 0 aromatic heterocycles. The second-order valence-corrected chi connectivity index (χ2v) is 6.89. The minimum Gasteiger partial charge on any atom is -0.453 e. The molecule has 3 rings (SSSR count). The molecule has 2 N–H and O–H groups in total. The Hall–Kier alpha value is -2.87. The van der Waals surface area contributed by atoms with Crippen LogP contribution in [0.1, 0.15) is 6.42 Å². The second-order valence-electron chi connectivity index (χ2n) is 6.04. The fourth-order valence-electron chi connectivity index (χ4n) is 2.84. The summed E-state index contributed by atoms with van der Waals surface area (Å²) >= 11 is 3.44. The molecule has 1 aliphatic rings. The van der Waals surface area contributed by atoms with Gasteiger partial charge in [0, 0.05) is 28.8 Å². The molecule has 0 bridgehead atoms. The number of hydrogen-bond donors (Lipinski definition) is 2. The van der Waals surface area contributed by atoms with E-state index >= 15 is 0 Å². The molecule has 2 aromatic rings. The molecule has 1 saturated heterocycles. The summed E-state index contributed by atoms with van der Waals surface area (Å²) in [5, 5.41) is 5.34. The van der Waals surface area contributed by atoms with Crippen molar-refractivity contribution in [2.75, 3.05) is 29.2 Å². The van der Waals surface area contributed by atoms with Gasteiger partial charge in [0.1, 0.15) is 0 Å². The highest BCUT2D eigenvalue weighted by atomic mass is 79.9. The van der Waals surface area contributed by atoms with Gasteiger partial charge >= 0.3 is 6.09 Å². The summed E-state index contributed by atoms with van der Waals surface area (Å²) in [6.45, 7) is 0.329. The highest BCUT2D eigenvalue weighted by molar-refractivity contribution is 9.10. The van der Waals surface area contributed by atoms with Crippen LogP contribution in [0.5, 0.6) is 0 Å². The molecule has 27 heavy (non-hydrogen) atoms. The number of amides is 3. The number of nitrogens with zero attached hydrogens (tertiary/aromatic N) is 1. The lowest BCUT2D eigenvalue weighted by atomic mass is 10.1. The minimum atomic E-state index is -0.566. The van der Waals surface area contributed by atoms with Crippen molar-refractivity contribution >= 4 is 50.9 Å². The molecule has 1 aliphatic heterocycles. The first kappa shape index (κ1) is 18.9. The molecule has 0 saturated carbocycles. The van der Waals surface area contributed by atoms with E-state index in [0.717, 1.165) is 10.2 Å². The summed E-state index contributed by atoms with van der Waals surface area (Å²) in [6.07, 6.45) is -0.404. The lowest BCUT2D eigenvalue weighted by Gasteiger charge is -2.18. The number of para-hydroxylation sites is 1.